The molecule has 1 unspecified atom stereocenters. The maximum absolute atomic E-state index is 6.12. The van der Waals surface area contributed by atoms with Gasteiger partial charge in [-0.05, 0) is 25.7 Å². The Morgan fingerprint density at radius 3 is 1.61 bits per heavy atom. The van der Waals surface area contributed by atoms with Crippen molar-refractivity contribution in [2.24, 2.45) is 0 Å². The van der Waals surface area contributed by atoms with Crippen LogP contribution in [0.4, 0.5) is 0 Å². The average Bonchev–Trinajstić information content (AvgIpc) is 2.34. The van der Waals surface area contributed by atoms with Crippen LogP contribution < -0.4 is 17.0 Å². The number of hydrogen-bond donors (Lipinski definition) is 0. The van der Waals surface area contributed by atoms with Crippen LogP contribution in [0.3, 0.4) is 0 Å². The lowest BCUT2D eigenvalue weighted by atomic mass is 10.1. The first-order valence-electron chi connectivity index (χ1n) is 7.58. The van der Waals surface area contributed by atoms with Crippen molar-refractivity contribution in [3.63, 3.8) is 0 Å². The molecular formula is C15H33BrClN. The molecule has 0 amide bonds. The van der Waals surface area contributed by atoms with E-state index in [2.05, 4.69) is 20.9 Å². The van der Waals surface area contributed by atoms with Gasteiger partial charge < -0.3 is 21.5 Å². The number of hydrogen-bond acceptors (Lipinski definition) is 0. The Balaban J connectivity index is 0. The fourth-order valence-corrected chi connectivity index (χ4v) is 2.49. The number of nitrogens with zero attached hydrogens (tertiary/aromatic N) is 1. The number of quaternary nitrogens is 1. The van der Waals surface area contributed by atoms with Crippen LogP contribution in [0.5, 0.6) is 0 Å². The van der Waals surface area contributed by atoms with Crippen LogP contribution in [0.25, 0.3) is 0 Å². The van der Waals surface area contributed by atoms with Gasteiger partial charge in [-0.3, -0.25) is 0 Å². The highest BCUT2D eigenvalue weighted by Crippen LogP contribution is 2.13. The van der Waals surface area contributed by atoms with E-state index in [4.69, 9.17) is 11.6 Å². The third-order valence-corrected chi connectivity index (χ3v) is 4.22. The van der Waals surface area contributed by atoms with Gasteiger partial charge >= 0.3 is 0 Å². The van der Waals surface area contributed by atoms with Gasteiger partial charge in [0.1, 0.15) is 0 Å². The molecule has 0 heterocycles. The summed E-state index contributed by atoms with van der Waals surface area (Å²) in [6.45, 7) is 7.06. The molecule has 18 heavy (non-hydrogen) atoms. The van der Waals surface area contributed by atoms with E-state index in [-0.39, 0.29) is 17.0 Å². The monoisotopic (exact) mass is 341 g/mol. The van der Waals surface area contributed by atoms with Crippen molar-refractivity contribution < 1.29 is 21.5 Å². The van der Waals surface area contributed by atoms with Crippen molar-refractivity contribution in [1.29, 1.82) is 0 Å². The second-order valence-corrected chi connectivity index (χ2v) is 5.90. The third kappa shape index (κ3) is 11.8. The number of alkyl halides is 1. The fraction of sp³-hybridized carbons (Fsp3) is 1.00. The molecule has 0 aliphatic carbocycles. The highest BCUT2D eigenvalue weighted by Gasteiger charge is 2.18. The Morgan fingerprint density at radius 2 is 1.11 bits per heavy atom. The molecule has 0 radical (unpaired) electrons. The quantitative estimate of drug-likeness (QED) is 0.221. The molecule has 0 aliphatic heterocycles. The Bertz CT molecular complexity index is 167. The number of halogens is 2. The molecule has 0 saturated heterocycles. The summed E-state index contributed by atoms with van der Waals surface area (Å²) >= 11 is 6.12. The molecule has 1 nitrogen and oxygen atoms in total. The van der Waals surface area contributed by atoms with Gasteiger partial charge in [-0.15, -0.1) is 0 Å². The molecule has 0 aromatic heterocycles. The zero-order valence-electron chi connectivity index (χ0n) is 12.7. The number of unbranched alkanes of at least 4 members (excludes halogenated alkanes) is 7. The van der Waals surface area contributed by atoms with Gasteiger partial charge in [0.05, 0.1) is 20.1 Å². The van der Waals surface area contributed by atoms with Crippen LogP contribution >= 0.6 is 11.6 Å². The lowest BCUT2D eigenvalue weighted by Crippen LogP contribution is -3.00. The van der Waals surface area contributed by atoms with Gasteiger partial charge in [0, 0.05) is 0 Å². The second kappa shape index (κ2) is 14.1. The van der Waals surface area contributed by atoms with E-state index < -0.39 is 0 Å². The molecule has 0 aliphatic rings. The van der Waals surface area contributed by atoms with Gasteiger partial charge in [0.2, 0.25) is 0 Å². The van der Waals surface area contributed by atoms with E-state index >= 15 is 0 Å². The number of rotatable bonds is 12. The summed E-state index contributed by atoms with van der Waals surface area (Å²) in [6, 6.07) is 0.776. The third-order valence-electron chi connectivity index (χ3n) is 3.64. The molecule has 0 N–H and O–H groups in total. The maximum Gasteiger partial charge on any atom is 0.154 e. The van der Waals surface area contributed by atoms with Crippen molar-refractivity contribution in [3.8, 4) is 0 Å². The van der Waals surface area contributed by atoms with Crippen molar-refractivity contribution in [2.45, 2.75) is 71.6 Å². The topological polar surface area (TPSA) is 0 Å². The van der Waals surface area contributed by atoms with Crippen molar-refractivity contribution in [2.75, 3.05) is 26.1 Å². The normalized spacial score (nSPS) is 14.0. The second-order valence-electron chi connectivity index (χ2n) is 5.66. The Kier molecular flexibility index (Phi) is 16.5. The van der Waals surface area contributed by atoms with Gasteiger partial charge in [-0.25, -0.2) is 0 Å². The summed E-state index contributed by atoms with van der Waals surface area (Å²) in [5.41, 5.74) is 0. The molecular weight excluding hydrogens is 310 g/mol. The molecule has 112 valence electrons. The predicted molar refractivity (Wildman–Crippen MR) is 79.5 cm³/mol. The largest absolute Gasteiger partial charge is 1.00 e. The van der Waals surface area contributed by atoms with Crippen LogP contribution in [0.15, 0.2) is 0 Å². The maximum atomic E-state index is 6.12. The summed E-state index contributed by atoms with van der Waals surface area (Å²) in [5.74, 6) is 0. The van der Waals surface area contributed by atoms with Crippen LogP contribution in [-0.2, 0) is 0 Å². The van der Waals surface area contributed by atoms with Crippen LogP contribution in [0.1, 0.15) is 71.6 Å². The Labute approximate surface area is 131 Å². The fourth-order valence-electron chi connectivity index (χ4n) is 2.25. The smallest absolute Gasteiger partial charge is 0.154 e. The van der Waals surface area contributed by atoms with E-state index in [0.717, 1.165) is 10.5 Å². The Morgan fingerprint density at radius 1 is 0.722 bits per heavy atom. The molecule has 0 saturated carbocycles. The van der Waals surface area contributed by atoms with Crippen molar-refractivity contribution in [1.82, 2.24) is 0 Å². The molecule has 0 bridgehead atoms. The van der Waals surface area contributed by atoms with Crippen LogP contribution in [0.2, 0.25) is 0 Å². The predicted octanol–water partition coefficient (Wildman–Crippen LogP) is 2.18. The highest BCUT2D eigenvalue weighted by atomic mass is 79.9. The zero-order valence-corrected chi connectivity index (χ0v) is 15.0. The lowest BCUT2D eigenvalue weighted by Gasteiger charge is -2.32. The summed E-state index contributed by atoms with van der Waals surface area (Å²) in [4.78, 5) is 0. The van der Waals surface area contributed by atoms with E-state index in [9.17, 15) is 0 Å². The lowest BCUT2D eigenvalue weighted by molar-refractivity contribution is -0.899. The first kappa shape index (κ1) is 21.0. The van der Waals surface area contributed by atoms with Crippen LogP contribution in [0, 0.1) is 0 Å². The highest BCUT2D eigenvalue weighted by molar-refractivity contribution is 6.16. The first-order chi connectivity index (χ1) is 8.18. The van der Waals surface area contributed by atoms with E-state index in [1.165, 1.54) is 70.9 Å². The molecule has 0 aromatic carbocycles. The minimum absolute atomic E-state index is 0. The summed E-state index contributed by atoms with van der Waals surface area (Å²) in [5, 5.41) is 0. The van der Waals surface area contributed by atoms with E-state index in [0.29, 0.717) is 0 Å². The van der Waals surface area contributed by atoms with Crippen molar-refractivity contribution in [3.05, 3.63) is 0 Å². The first-order valence-corrected chi connectivity index (χ1v) is 8.11. The molecule has 0 aromatic rings. The van der Waals surface area contributed by atoms with E-state index in [1.807, 2.05) is 0 Å². The van der Waals surface area contributed by atoms with Gasteiger partial charge in [0.25, 0.3) is 0 Å². The van der Waals surface area contributed by atoms with Gasteiger partial charge in [-0.2, -0.15) is 0 Å². The van der Waals surface area contributed by atoms with Crippen LogP contribution in [-0.4, -0.2) is 30.6 Å². The van der Waals surface area contributed by atoms with E-state index in [1.54, 1.807) is 0 Å². The van der Waals surface area contributed by atoms with Gasteiger partial charge in [-0.1, -0.05) is 57.6 Å². The molecule has 0 spiro atoms. The zero-order chi connectivity index (χ0) is 13.0. The minimum atomic E-state index is 0. The summed E-state index contributed by atoms with van der Waals surface area (Å²) in [7, 11) is 2.31. The average molecular weight is 343 g/mol. The molecule has 0 fully saturated rings. The summed E-state index contributed by atoms with van der Waals surface area (Å²) in [6.07, 6.45) is 12.3. The molecule has 1 atom stereocenters. The molecule has 3 heteroatoms. The SMILES string of the molecule is CCCCCCCC[N+](C)(CCl)CCCCC.[Br-]. The van der Waals surface area contributed by atoms with Gasteiger partial charge in [0.15, 0.2) is 6.00 Å². The standard InChI is InChI=1S/C15H33ClN.BrH/c1-4-6-8-9-10-12-14-17(3,15-16)13-11-7-5-2;/h4-15H2,1-3H3;1H/q+1;/p-1. The minimum Gasteiger partial charge on any atom is -1.00 e. The molecule has 0 rings (SSSR count). The summed E-state index contributed by atoms with van der Waals surface area (Å²) < 4.78 is 1.06. The van der Waals surface area contributed by atoms with Crippen molar-refractivity contribution >= 4 is 11.6 Å². The Hall–Kier alpha value is 0.730.